The average Bonchev–Trinajstić information content (AvgIpc) is 3.19. The Hall–Kier alpha value is -3.62. The summed E-state index contributed by atoms with van der Waals surface area (Å²) in [5.74, 6) is 0. The number of hydrogen-bond donors (Lipinski definition) is 0. The van der Waals surface area contributed by atoms with E-state index in [0.29, 0.717) is 0 Å². The first-order chi connectivity index (χ1) is 15.8. The summed E-state index contributed by atoms with van der Waals surface area (Å²) in [7, 11) is 0. The number of para-hydroxylation sites is 2. The van der Waals surface area contributed by atoms with Crippen LogP contribution in [0.4, 0.5) is 0 Å². The van der Waals surface area contributed by atoms with Crippen LogP contribution in [0.15, 0.2) is 126 Å². The first kappa shape index (κ1) is 19.1. The Morgan fingerprint density at radius 3 is 2.06 bits per heavy atom. The zero-order chi connectivity index (χ0) is 21.5. The molecule has 5 aromatic carbocycles. The highest BCUT2D eigenvalue weighted by Crippen LogP contribution is 2.39. The van der Waals surface area contributed by atoms with Crippen LogP contribution >= 0.6 is 15.9 Å². The molecule has 1 heterocycles. The minimum atomic E-state index is 1.07. The summed E-state index contributed by atoms with van der Waals surface area (Å²) in [5, 5.41) is 2.53. The van der Waals surface area contributed by atoms with E-state index in [1.54, 1.807) is 0 Å². The van der Waals surface area contributed by atoms with Gasteiger partial charge < -0.3 is 4.57 Å². The number of rotatable bonds is 3. The average molecular weight is 474 g/mol. The maximum Gasteiger partial charge on any atom is 0.0619 e. The van der Waals surface area contributed by atoms with E-state index in [1.165, 1.54) is 44.1 Å². The van der Waals surface area contributed by atoms with Crippen LogP contribution in [0.3, 0.4) is 0 Å². The predicted molar refractivity (Wildman–Crippen MR) is 139 cm³/mol. The zero-order valence-corrected chi connectivity index (χ0v) is 19.0. The maximum absolute atomic E-state index is 3.66. The number of aromatic nitrogens is 1. The lowest BCUT2D eigenvalue weighted by Crippen LogP contribution is -1.95. The number of benzene rings is 5. The maximum atomic E-state index is 3.66. The summed E-state index contributed by atoms with van der Waals surface area (Å²) in [6, 6.07) is 43.3. The number of halogens is 1. The van der Waals surface area contributed by atoms with Crippen molar-refractivity contribution in [3.05, 3.63) is 126 Å². The molecule has 0 N–H and O–H groups in total. The summed E-state index contributed by atoms with van der Waals surface area (Å²) in [6.07, 6.45) is 0. The fraction of sp³-hybridized carbons (Fsp3) is 0. The van der Waals surface area contributed by atoms with Crippen LogP contribution in [0.1, 0.15) is 0 Å². The summed E-state index contributed by atoms with van der Waals surface area (Å²) in [6.45, 7) is 0. The first-order valence-electron chi connectivity index (χ1n) is 10.7. The third-order valence-corrected chi connectivity index (χ3v) is 6.54. The Bertz CT molecular complexity index is 1580. The second-order valence-electron chi connectivity index (χ2n) is 7.98. The lowest BCUT2D eigenvalue weighted by molar-refractivity contribution is 1.18. The van der Waals surface area contributed by atoms with Gasteiger partial charge in [0.25, 0.3) is 0 Å². The quantitative estimate of drug-likeness (QED) is 0.241. The van der Waals surface area contributed by atoms with E-state index >= 15 is 0 Å². The van der Waals surface area contributed by atoms with Gasteiger partial charge in [-0.1, -0.05) is 107 Å². The molecule has 6 rings (SSSR count). The van der Waals surface area contributed by atoms with Crippen LogP contribution in [0, 0.1) is 0 Å². The summed E-state index contributed by atoms with van der Waals surface area (Å²) < 4.78 is 3.46. The smallest absolute Gasteiger partial charge is 0.0619 e. The molecular weight excluding hydrogens is 454 g/mol. The van der Waals surface area contributed by atoms with E-state index in [2.05, 4.69) is 142 Å². The molecule has 0 aliphatic rings. The summed E-state index contributed by atoms with van der Waals surface area (Å²) >= 11 is 3.66. The van der Waals surface area contributed by atoms with Crippen LogP contribution in [-0.2, 0) is 0 Å². The van der Waals surface area contributed by atoms with Gasteiger partial charge in [-0.3, -0.25) is 0 Å². The van der Waals surface area contributed by atoms with Crippen LogP contribution in [0.2, 0.25) is 0 Å². The lowest BCUT2D eigenvalue weighted by atomic mass is 9.97. The van der Waals surface area contributed by atoms with Crippen molar-refractivity contribution < 1.29 is 0 Å². The topological polar surface area (TPSA) is 4.93 Å². The van der Waals surface area contributed by atoms with Gasteiger partial charge in [0.1, 0.15) is 0 Å². The Morgan fingerprint density at radius 1 is 0.500 bits per heavy atom. The van der Waals surface area contributed by atoms with Gasteiger partial charge in [-0.25, -0.2) is 0 Å². The van der Waals surface area contributed by atoms with Gasteiger partial charge in [0.05, 0.1) is 11.0 Å². The van der Waals surface area contributed by atoms with E-state index in [9.17, 15) is 0 Å². The van der Waals surface area contributed by atoms with Crippen molar-refractivity contribution in [3.63, 3.8) is 0 Å². The SMILES string of the molecule is Brc1cccc(-n2c3ccccc3c3cccc(-c4cccc(-c5ccccc5)c4)c32)c1. The number of nitrogens with zero attached hydrogens (tertiary/aromatic N) is 1. The molecule has 6 aromatic rings. The van der Waals surface area contributed by atoms with Gasteiger partial charge in [0, 0.05) is 26.5 Å². The molecule has 1 nitrogen and oxygen atoms in total. The third kappa shape index (κ3) is 3.16. The molecule has 0 aliphatic carbocycles. The van der Waals surface area contributed by atoms with Crippen molar-refractivity contribution in [2.24, 2.45) is 0 Å². The molecule has 152 valence electrons. The van der Waals surface area contributed by atoms with Gasteiger partial charge in [0.15, 0.2) is 0 Å². The van der Waals surface area contributed by atoms with E-state index in [0.717, 1.165) is 10.2 Å². The fourth-order valence-electron chi connectivity index (χ4n) is 4.63. The normalized spacial score (nSPS) is 11.3. The monoisotopic (exact) mass is 473 g/mol. The third-order valence-electron chi connectivity index (χ3n) is 6.04. The standard InChI is InChI=1S/C30H20BrN/c31-24-13-7-14-25(20-24)32-29-18-5-4-15-27(29)28-17-8-16-26(30(28)32)23-12-6-11-22(19-23)21-9-2-1-3-10-21/h1-20H. The molecule has 0 spiro atoms. The van der Waals surface area contributed by atoms with Gasteiger partial charge in [-0.15, -0.1) is 0 Å². The molecule has 0 amide bonds. The van der Waals surface area contributed by atoms with Crippen LogP contribution in [0.25, 0.3) is 49.7 Å². The van der Waals surface area contributed by atoms with Gasteiger partial charge in [0.2, 0.25) is 0 Å². The Labute approximate surface area is 195 Å². The first-order valence-corrected chi connectivity index (χ1v) is 11.5. The highest BCUT2D eigenvalue weighted by molar-refractivity contribution is 9.10. The molecule has 0 unspecified atom stereocenters. The molecule has 32 heavy (non-hydrogen) atoms. The number of hydrogen-bond acceptors (Lipinski definition) is 0. The molecule has 1 aromatic heterocycles. The minimum absolute atomic E-state index is 1.07. The van der Waals surface area contributed by atoms with Crippen molar-refractivity contribution >= 4 is 37.7 Å². The molecule has 0 aliphatic heterocycles. The Morgan fingerprint density at radius 2 is 1.19 bits per heavy atom. The second kappa shape index (κ2) is 7.81. The molecule has 0 radical (unpaired) electrons. The molecule has 0 fully saturated rings. The highest BCUT2D eigenvalue weighted by atomic mass is 79.9. The molecule has 0 saturated carbocycles. The van der Waals surface area contributed by atoms with Gasteiger partial charge >= 0.3 is 0 Å². The van der Waals surface area contributed by atoms with Crippen molar-refractivity contribution in [2.75, 3.05) is 0 Å². The Kier molecular flexibility index (Phi) is 4.66. The predicted octanol–water partition coefficient (Wildman–Crippen LogP) is 8.88. The van der Waals surface area contributed by atoms with E-state index in [4.69, 9.17) is 0 Å². The number of fused-ring (bicyclic) bond motifs is 3. The van der Waals surface area contributed by atoms with Crippen LogP contribution in [0.5, 0.6) is 0 Å². The fourth-order valence-corrected chi connectivity index (χ4v) is 5.02. The van der Waals surface area contributed by atoms with Crippen molar-refractivity contribution in [1.29, 1.82) is 0 Å². The van der Waals surface area contributed by atoms with Crippen LogP contribution < -0.4 is 0 Å². The minimum Gasteiger partial charge on any atom is -0.309 e. The summed E-state index contributed by atoms with van der Waals surface area (Å²) in [4.78, 5) is 0. The lowest BCUT2D eigenvalue weighted by Gasteiger charge is -2.13. The van der Waals surface area contributed by atoms with E-state index in [1.807, 2.05) is 0 Å². The molecule has 0 atom stereocenters. The van der Waals surface area contributed by atoms with Crippen molar-refractivity contribution in [2.45, 2.75) is 0 Å². The van der Waals surface area contributed by atoms with E-state index < -0.39 is 0 Å². The Balaban J connectivity index is 1.68. The van der Waals surface area contributed by atoms with E-state index in [-0.39, 0.29) is 0 Å². The van der Waals surface area contributed by atoms with Crippen molar-refractivity contribution in [3.8, 4) is 27.9 Å². The van der Waals surface area contributed by atoms with Crippen LogP contribution in [-0.4, -0.2) is 4.57 Å². The molecular formula is C30H20BrN. The molecule has 0 bridgehead atoms. The second-order valence-corrected chi connectivity index (χ2v) is 8.90. The summed E-state index contributed by atoms with van der Waals surface area (Å²) in [5.41, 5.74) is 8.51. The van der Waals surface area contributed by atoms with Gasteiger partial charge in [-0.2, -0.15) is 0 Å². The highest BCUT2D eigenvalue weighted by Gasteiger charge is 2.16. The molecule has 2 heteroatoms. The zero-order valence-electron chi connectivity index (χ0n) is 17.4. The molecule has 0 saturated heterocycles. The largest absolute Gasteiger partial charge is 0.309 e. The van der Waals surface area contributed by atoms with Crippen molar-refractivity contribution in [1.82, 2.24) is 4.57 Å². The van der Waals surface area contributed by atoms with Gasteiger partial charge in [-0.05, 0) is 47.0 Å².